The van der Waals surface area contributed by atoms with Gasteiger partial charge in [0.25, 0.3) is 5.91 Å². The normalized spacial score (nSPS) is 21.8. The van der Waals surface area contributed by atoms with Crippen molar-refractivity contribution in [3.8, 4) is 5.75 Å². The molecule has 5 nitrogen and oxygen atoms in total. The smallest absolute Gasteiger partial charge is 0.290 e. The second-order valence-corrected chi connectivity index (χ2v) is 6.69. The van der Waals surface area contributed by atoms with E-state index in [1.165, 1.54) is 0 Å². The molecule has 3 rings (SSSR count). The Labute approximate surface area is 148 Å². The van der Waals surface area contributed by atoms with Crippen molar-refractivity contribution in [3.63, 3.8) is 0 Å². The average Bonchev–Trinajstić information content (AvgIpc) is 2.93. The first-order valence-electron chi connectivity index (χ1n) is 9.02. The number of ether oxygens (including phenoxy) is 1. The van der Waals surface area contributed by atoms with Crippen molar-refractivity contribution in [1.29, 1.82) is 0 Å². The van der Waals surface area contributed by atoms with Gasteiger partial charge in [0.2, 0.25) is 0 Å². The quantitative estimate of drug-likeness (QED) is 0.885. The van der Waals surface area contributed by atoms with Gasteiger partial charge >= 0.3 is 0 Å². The number of hydrogen-bond acceptors (Lipinski definition) is 4. The molecule has 134 valence electrons. The van der Waals surface area contributed by atoms with Crippen molar-refractivity contribution in [2.45, 2.75) is 57.5 Å². The van der Waals surface area contributed by atoms with E-state index in [2.05, 4.69) is 0 Å². The lowest BCUT2D eigenvalue weighted by Crippen LogP contribution is -2.41. The summed E-state index contributed by atoms with van der Waals surface area (Å²) in [5.41, 5.74) is 0.965. The second-order valence-electron chi connectivity index (χ2n) is 6.69. The van der Waals surface area contributed by atoms with Gasteiger partial charge in [0.1, 0.15) is 5.75 Å². The summed E-state index contributed by atoms with van der Waals surface area (Å²) in [7, 11) is 1.57. The lowest BCUT2D eigenvalue weighted by atomic mass is 9.90. The summed E-state index contributed by atoms with van der Waals surface area (Å²) in [6.07, 6.45) is 5.33. The summed E-state index contributed by atoms with van der Waals surface area (Å²) >= 11 is 0. The van der Waals surface area contributed by atoms with Gasteiger partial charge < -0.3 is 14.7 Å². The van der Waals surface area contributed by atoms with Crippen molar-refractivity contribution < 1.29 is 19.4 Å². The number of para-hydroxylation sites is 1. The molecule has 1 heterocycles. The Balaban J connectivity index is 2.11. The molecule has 1 aliphatic heterocycles. The molecule has 0 aromatic heterocycles. The molecule has 1 unspecified atom stereocenters. The number of rotatable bonds is 5. The van der Waals surface area contributed by atoms with Crippen LogP contribution in [0.3, 0.4) is 0 Å². The number of amides is 1. The van der Waals surface area contributed by atoms with Crippen LogP contribution in [0.5, 0.6) is 5.75 Å². The molecule has 1 aliphatic carbocycles. The summed E-state index contributed by atoms with van der Waals surface area (Å²) in [5.74, 6) is -0.398. The Morgan fingerprint density at radius 3 is 2.56 bits per heavy atom. The van der Waals surface area contributed by atoms with Crippen LogP contribution in [0.15, 0.2) is 35.6 Å². The molecule has 1 aromatic rings. The molecule has 1 saturated carbocycles. The maximum absolute atomic E-state index is 12.8. The molecule has 1 N–H and O–H groups in total. The molecular formula is C20H25NO4. The number of aliphatic hydroxyl groups is 1. The highest BCUT2D eigenvalue weighted by molar-refractivity contribution is 6.09. The predicted octanol–water partition coefficient (Wildman–Crippen LogP) is 3.70. The molecule has 0 radical (unpaired) electrons. The number of nitrogens with zero attached hydrogens (tertiary/aromatic N) is 1. The van der Waals surface area contributed by atoms with Gasteiger partial charge in [0.05, 0.1) is 18.7 Å². The van der Waals surface area contributed by atoms with Crippen LogP contribution in [-0.2, 0) is 9.59 Å². The minimum atomic E-state index is -0.570. The largest absolute Gasteiger partial charge is 0.503 e. The van der Waals surface area contributed by atoms with E-state index in [4.69, 9.17) is 4.74 Å². The minimum Gasteiger partial charge on any atom is -0.503 e. The van der Waals surface area contributed by atoms with Crippen LogP contribution in [-0.4, -0.2) is 34.8 Å². The zero-order valence-corrected chi connectivity index (χ0v) is 14.8. The van der Waals surface area contributed by atoms with Crippen molar-refractivity contribution in [1.82, 2.24) is 4.90 Å². The van der Waals surface area contributed by atoms with Gasteiger partial charge in [-0.2, -0.15) is 0 Å². The summed E-state index contributed by atoms with van der Waals surface area (Å²) in [5, 5.41) is 10.5. The monoisotopic (exact) mass is 343 g/mol. The van der Waals surface area contributed by atoms with E-state index in [0.29, 0.717) is 5.75 Å². The lowest BCUT2D eigenvalue weighted by molar-refractivity contribution is -0.132. The van der Waals surface area contributed by atoms with Crippen LogP contribution in [0.2, 0.25) is 0 Å². The Morgan fingerprint density at radius 2 is 1.92 bits per heavy atom. The topological polar surface area (TPSA) is 66.8 Å². The molecule has 0 spiro atoms. The Bertz CT molecular complexity index is 703. The fourth-order valence-electron chi connectivity index (χ4n) is 4.03. The zero-order chi connectivity index (χ0) is 18.0. The summed E-state index contributed by atoms with van der Waals surface area (Å²) in [6, 6.07) is 6.88. The molecule has 2 aliphatic rings. The SMILES string of the molecule is CCC(=O)C1=C(O)C(=O)N(C2CCCCC2)C1c1ccccc1OC. The molecule has 1 atom stereocenters. The third-order valence-corrected chi connectivity index (χ3v) is 5.27. The Hall–Kier alpha value is -2.30. The van der Waals surface area contributed by atoms with Crippen molar-refractivity contribution in [2.75, 3.05) is 7.11 Å². The molecule has 25 heavy (non-hydrogen) atoms. The predicted molar refractivity (Wildman–Crippen MR) is 94.4 cm³/mol. The number of aliphatic hydroxyl groups excluding tert-OH is 1. The van der Waals surface area contributed by atoms with Gasteiger partial charge in [-0.05, 0) is 18.9 Å². The maximum Gasteiger partial charge on any atom is 0.290 e. The Kier molecular flexibility index (Phi) is 5.11. The van der Waals surface area contributed by atoms with E-state index >= 15 is 0 Å². The van der Waals surface area contributed by atoms with Crippen molar-refractivity contribution in [2.24, 2.45) is 0 Å². The van der Waals surface area contributed by atoms with E-state index < -0.39 is 17.7 Å². The zero-order valence-electron chi connectivity index (χ0n) is 14.8. The number of ketones is 1. The maximum atomic E-state index is 12.8. The highest BCUT2D eigenvalue weighted by atomic mass is 16.5. The van der Waals surface area contributed by atoms with Crippen LogP contribution < -0.4 is 4.74 Å². The highest BCUT2D eigenvalue weighted by Crippen LogP contribution is 2.44. The van der Waals surface area contributed by atoms with E-state index in [-0.39, 0.29) is 23.8 Å². The van der Waals surface area contributed by atoms with E-state index in [9.17, 15) is 14.7 Å². The van der Waals surface area contributed by atoms with Crippen LogP contribution in [0, 0.1) is 0 Å². The third kappa shape index (κ3) is 3.03. The number of methoxy groups -OCH3 is 1. The number of hydrogen-bond donors (Lipinski definition) is 1. The van der Waals surface area contributed by atoms with Crippen LogP contribution in [0.1, 0.15) is 57.1 Å². The van der Waals surface area contributed by atoms with Gasteiger partial charge in [-0.15, -0.1) is 0 Å². The molecule has 5 heteroatoms. The molecule has 1 fully saturated rings. The minimum absolute atomic E-state index is 0.0421. The van der Waals surface area contributed by atoms with Gasteiger partial charge in [0.15, 0.2) is 11.5 Å². The third-order valence-electron chi connectivity index (χ3n) is 5.27. The molecule has 1 amide bonds. The first kappa shape index (κ1) is 17.5. The van der Waals surface area contributed by atoms with Crippen molar-refractivity contribution >= 4 is 11.7 Å². The number of carbonyl (C=O) groups is 2. The van der Waals surface area contributed by atoms with Gasteiger partial charge in [-0.3, -0.25) is 9.59 Å². The summed E-state index contributed by atoms with van der Waals surface area (Å²) in [6.45, 7) is 1.75. The van der Waals surface area contributed by atoms with E-state index in [1.54, 1.807) is 18.9 Å². The summed E-state index contributed by atoms with van der Waals surface area (Å²) < 4.78 is 5.47. The first-order valence-corrected chi connectivity index (χ1v) is 9.02. The van der Waals surface area contributed by atoms with E-state index in [1.807, 2.05) is 24.3 Å². The number of carbonyl (C=O) groups excluding carboxylic acids is 2. The lowest BCUT2D eigenvalue weighted by Gasteiger charge is -2.36. The first-order chi connectivity index (χ1) is 12.1. The van der Waals surface area contributed by atoms with Crippen LogP contribution in [0.4, 0.5) is 0 Å². The van der Waals surface area contributed by atoms with Gasteiger partial charge in [-0.25, -0.2) is 0 Å². The van der Waals surface area contributed by atoms with Gasteiger partial charge in [-0.1, -0.05) is 44.4 Å². The molecule has 0 bridgehead atoms. The van der Waals surface area contributed by atoms with E-state index in [0.717, 1.165) is 37.7 Å². The van der Waals surface area contributed by atoms with Crippen LogP contribution >= 0.6 is 0 Å². The average molecular weight is 343 g/mol. The van der Waals surface area contributed by atoms with Crippen molar-refractivity contribution in [3.05, 3.63) is 41.2 Å². The Morgan fingerprint density at radius 1 is 1.24 bits per heavy atom. The van der Waals surface area contributed by atoms with Gasteiger partial charge in [0, 0.05) is 18.0 Å². The second kappa shape index (κ2) is 7.30. The number of benzene rings is 1. The van der Waals surface area contributed by atoms with Crippen LogP contribution in [0.25, 0.3) is 0 Å². The fourth-order valence-corrected chi connectivity index (χ4v) is 4.03. The summed E-state index contributed by atoms with van der Waals surface area (Å²) in [4.78, 5) is 27.1. The molecule has 1 aromatic carbocycles. The standard InChI is InChI=1S/C20H25NO4/c1-3-15(22)17-18(14-11-7-8-12-16(14)25-2)21(20(24)19(17)23)13-9-5-4-6-10-13/h7-8,11-13,18,23H,3-6,9-10H2,1-2H3. The molecular weight excluding hydrogens is 318 g/mol. The molecule has 0 saturated heterocycles. The highest BCUT2D eigenvalue weighted by Gasteiger charge is 2.46. The number of Topliss-reactive ketones (excluding diaryl/α,β-unsaturated/α-hetero) is 1. The fraction of sp³-hybridized carbons (Fsp3) is 0.500.